The molecule has 3 aromatic rings. The van der Waals surface area contributed by atoms with Crippen LogP contribution in [-0.2, 0) is 11.3 Å². The Kier molecular flexibility index (Phi) is 4.29. The highest BCUT2D eigenvalue weighted by molar-refractivity contribution is 6.04. The normalized spacial score (nSPS) is 10.6. The molecule has 0 radical (unpaired) electrons. The van der Waals surface area contributed by atoms with Crippen LogP contribution < -0.4 is 0 Å². The number of fused-ring (bicyclic) bond motifs is 1. The van der Waals surface area contributed by atoms with Gasteiger partial charge in [-0.1, -0.05) is 30.3 Å². The van der Waals surface area contributed by atoms with Gasteiger partial charge >= 0.3 is 5.97 Å². The molecule has 3 rings (SSSR count). The largest absolute Gasteiger partial charge is 0.465 e. The number of nitrogens with one attached hydrogen (secondary N) is 1. The van der Waals surface area contributed by atoms with Gasteiger partial charge in [0.05, 0.1) is 18.2 Å². The zero-order chi connectivity index (χ0) is 17.1. The quantitative estimate of drug-likeness (QED) is 0.749. The fourth-order valence-electron chi connectivity index (χ4n) is 2.52. The number of nitrogens with zero attached hydrogens (tertiary/aromatic N) is 2. The molecule has 0 spiro atoms. The Morgan fingerprint density at radius 3 is 2.54 bits per heavy atom. The first-order valence-electron chi connectivity index (χ1n) is 7.46. The van der Waals surface area contributed by atoms with E-state index in [0.717, 1.165) is 16.5 Å². The third-order valence-corrected chi connectivity index (χ3v) is 3.81. The van der Waals surface area contributed by atoms with E-state index in [0.29, 0.717) is 17.8 Å². The van der Waals surface area contributed by atoms with Crippen molar-refractivity contribution in [2.24, 2.45) is 0 Å². The number of aromatic nitrogens is 2. The second-order valence-electron chi connectivity index (χ2n) is 5.47. The Bertz CT molecular complexity index is 884. The Balaban J connectivity index is 1.75. The number of esters is 1. The van der Waals surface area contributed by atoms with Crippen molar-refractivity contribution in [3.63, 3.8) is 0 Å². The average molecular weight is 323 g/mol. The zero-order valence-corrected chi connectivity index (χ0v) is 13.4. The standard InChI is InChI=1S/C18H17N3O3/c1-21(11-12-7-9-13(10-8-12)18(23)24-2)17(22)16-14-5-3-4-6-15(14)19-20-16/h3-10H,11H2,1-2H3,(H,19,20). The van der Waals surface area contributed by atoms with Crippen LogP contribution in [0.4, 0.5) is 0 Å². The van der Waals surface area contributed by atoms with Crippen LogP contribution in [0.2, 0.25) is 0 Å². The van der Waals surface area contributed by atoms with E-state index in [4.69, 9.17) is 0 Å². The third kappa shape index (κ3) is 2.99. The fourth-order valence-corrected chi connectivity index (χ4v) is 2.52. The molecule has 0 atom stereocenters. The second-order valence-corrected chi connectivity index (χ2v) is 5.47. The lowest BCUT2D eigenvalue weighted by Crippen LogP contribution is -2.26. The molecule has 0 aliphatic rings. The zero-order valence-electron chi connectivity index (χ0n) is 13.4. The van der Waals surface area contributed by atoms with Gasteiger partial charge < -0.3 is 9.64 Å². The number of aromatic amines is 1. The lowest BCUT2D eigenvalue weighted by atomic mass is 10.1. The molecule has 1 N–H and O–H groups in total. The first kappa shape index (κ1) is 15.7. The molecule has 2 aromatic carbocycles. The van der Waals surface area contributed by atoms with Gasteiger partial charge in [-0.2, -0.15) is 5.10 Å². The number of H-pyrrole nitrogens is 1. The first-order valence-corrected chi connectivity index (χ1v) is 7.46. The Morgan fingerprint density at radius 1 is 1.12 bits per heavy atom. The molecule has 6 heteroatoms. The van der Waals surface area contributed by atoms with Gasteiger partial charge in [-0.15, -0.1) is 0 Å². The number of rotatable bonds is 4. The SMILES string of the molecule is COC(=O)c1ccc(CN(C)C(=O)c2n[nH]c3ccccc23)cc1. The summed E-state index contributed by atoms with van der Waals surface area (Å²) in [5.74, 6) is -0.543. The van der Waals surface area contributed by atoms with E-state index in [2.05, 4.69) is 14.9 Å². The van der Waals surface area contributed by atoms with E-state index >= 15 is 0 Å². The summed E-state index contributed by atoms with van der Waals surface area (Å²) in [7, 11) is 3.07. The van der Waals surface area contributed by atoms with Crippen LogP contribution in [0, 0.1) is 0 Å². The van der Waals surface area contributed by atoms with E-state index in [1.165, 1.54) is 7.11 Å². The number of carbonyl (C=O) groups excluding carboxylic acids is 2. The van der Waals surface area contributed by atoms with Crippen LogP contribution in [0.1, 0.15) is 26.4 Å². The van der Waals surface area contributed by atoms with Crippen LogP contribution in [0.3, 0.4) is 0 Å². The lowest BCUT2D eigenvalue weighted by Gasteiger charge is -2.16. The van der Waals surface area contributed by atoms with Gasteiger partial charge in [-0.3, -0.25) is 9.89 Å². The van der Waals surface area contributed by atoms with E-state index in [1.807, 2.05) is 24.3 Å². The number of methoxy groups -OCH3 is 1. The highest BCUT2D eigenvalue weighted by Gasteiger charge is 2.18. The van der Waals surface area contributed by atoms with Crippen LogP contribution >= 0.6 is 0 Å². The number of ether oxygens (including phenoxy) is 1. The van der Waals surface area contributed by atoms with E-state index < -0.39 is 0 Å². The Labute approximate surface area is 139 Å². The van der Waals surface area contributed by atoms with Crippen molar-refractivity contribution in [2.45, 2.75) is 6.54 Å². The molecule has 0 saturated carbocycles. The van der Waals surface area contributed by atoms with Crippen LogP contribution in [-0.4, -0.2) is 41.1 Å². The van der Waals surface area contributed by atoms with Crippen molar-refractivity contribution in [1.82, 2.24) is 15.1 Å². The fraction of sp³-hybridized carbons (Fsp3) is 0.167. The van der Waals surface area contributed by atoms with Crippen molar-refractivity contribution >= 4 is 22.8 Å². The summed E-state index contributed by atoms with van der Waals surface area (Å²) < 4.78 is 4.67. The Morgan fingerprint density at radius 2 is 1.83 bits per heavy atom. The van der Waals surface area contributed by atoms with Gasteiger partial charge in [0.25, 0.3) is 5.91 Å². The molecule has 1 heterocycles. The van der Waals surface area contributed by atoms with Crippen LogP contribution in [0.15, 0.2) is 48.5 Å². The van der Waals surface area contributed by atoms with Crippen molar-refractivity contribution in [1.29, 1.82) is 0 Å². The number of benzene rings is 2. The van der Waals surface area contributed by atoms with Gasteiger partial charge in [0.15, 0.2) is 5.69 Å². The maximum Gasteiger partial charge on any atom is 0.337 e. The molecule has 122 valence electrons. The minimum atomic E-state index is -0.381. The van der Waals surface area contributed by atoms with Gasteiger partial charge in [0.2, 0.25) is 0 Å². The minimum Gasteiger partial charge on any atom is -0.465 e. The molecule has 0 aliphatic carbocycles. The number of hydrogen-bond acceptors (Lipinski definition) is 4. The van der Waals surface area contributed by atoms with Gasteiger partial charge in [0, 0.05) is 19.0 Å². The summed E-state index contributed by atoms with van der Waals surface area (Å²) in [6.45, 7) is 0.418. The maximum absolute atomic E-state index is 12.6. The highest BCUT2D eigenvalue weighted by atomic mass is 16.5. The molecule has 1 amide bonds. The first-order chi connectivity index (χ1) is 11.6. The molecular formula is C18H17N3O3. The predicted molar refractivity (Wildman–Crippen MR) is 89.7 cm³/mol. The number of hydrogen-bond donors (Lipinski definition) is 1. The van der Waals surface area contributed by atoms with Gasteiger partial charge in [0.1, 0.15) is 0 Å². The molecule has 0 saturated heterocycles. The van der Waals surface area contributed by atoms with Gasteiger partial charge in [-0.05, 0) is 23.8 Å². The summed E-state index contributed by atoms with van der Waals surface area (Å²) in [4.78, 5) is 25.6. The molecule has 0 fully saturated rings. The topological polar surface area (TPSA) is 75.3 Å². The lowest BCUT2D eigenvalue weighted by molar-refractivity contribution is 0.0600. The molecule has 1 aromatic heterocycles. The third-order valence-electron chi connectivity index (χ3n) is 3.81. The van der Waals surface area contributed by atoms with Crippen LogP contribution in [0.5, 0.6) is 0 Å². The Hall–Kier alpha value is -3.15. The van der Waals surface area contributed by atoms with Crippen molar-refractivity contribution in [3.05, 3.63) is 65.4 Å². The monoisotopic (exact) mass is 323 g/mol. The number of carbonyl (C=O) groups is 2. The summed E-state index contributed by atoms with van der Waals surface area (Å²) >= 11 is 0. The van der Waals surface area contributed by atoms with Gasteiger partial charge in [-0.25, -0.2) is 4.79 Å². The molecule has 0 unspecified atom stereocenters. The summed E-state index contributed by atoms with van der Waals surface area (Å²) in [6, 6.07) is 14.5. The molecular weight excluding hydrogens is 306 g/mol. The smallest absolute Gasteiger partial charge is 0.337 e. The van der Waals surface area contributed by atoms with Crippen LogP contribution in [0.25, 0.3) is 10.9 Å². The maximum atomic E-state index is 12.6. The summed E-state index contributed by atoms with van der Waals surface area (Å²) in [5, 5.41) is 7.80. The minimum absolute atomic E-state index is 0.163. The second kappa shape index (κ2) is 6.54. The predicted octanol–water partition coefficient (Wildman–Crippen LogP) is 2.62. The summed E-state index contributed by atoms with van der Waals surface area (Å²) in [5.41, 5.74) is 2.63. The molecule has 0 aliphatic heterocycles. The van der Waals surface area contributed by atoms with Crippen molar-refractivity contribution < 1.29 is 14.3 Å². The van der Waals surface area contributed by atoms with E-state index in [-0.39, 0.29) is 11.9 Å². The molecule has 0 bridgehead atoms. The number of para-hydroxylation sites is 1. The van der Waals surface area contributed by atoms with E-state index in [9.17, 15) is 9.59 Å². The van der Waals surface area contributed by atoms with E-state index in [1.54, 1.807) is 36.2 Å². The molecule has 24 heavy (non-hydrogen) atoms. The van der Waals surface area contributed by atoms with Crippen molar-refractivity contribution in [2.75, 3.05) is 14.2 Å². The van der Waals surface area contributed by atoms with Crippen molar-refractivity contribution in [3.8, 4) is 0 Å². The summed E-state index contributed by atoms with van der Waals surface area (Å²) in [6.07, 6.45) is 0. The number of amides is 1. The highest BCUT2D eigenvalue weighted by Crippen LogP contribution is 2.17. The molecule has 6 nitrogen and oxygen atoms in total. The average Bonchev–Trinajstić information content (AvgIpc) is 3.05.